The van der Waals surface area contributed by atoms with Crippen LogP contribution < -0.4 is 10.1 Å². The predicted octanol–water partition coefficient (Wildman–Crippen LogP) is 2.14. The van der Waals surface area contributed by atoms with Crippen LogP contribution in [-0.4, -0.2) is 42.0 Å². The standard InChI is InChI=1S/C17H25N3O2/c1-15(21)18-8-3-6-12-22-17-13-16(7-9-19-17)14-20-10-4-2-5-11-20/h3,6-7,9,13H,2,4-5,8,10-12,14H2,1H3,(H,18,21)/b6-3-. The first kappa shape index (κ1) is 16.5. The molecule has 1 amide bonds. The maximum atomic E-state index is 10.7. The number of ether oxygens (including phenoxy) is 1. The Morgan fingerprint density at radius 2 is 2.18 bits per heavy atom. The molecule has 0 unspecified atom stereocenters. The van der Waals surface area contributed by atoms with Gasteiger partial charge in [-0.15, -0.1) is 0 Å². The zero-order chi connectivity index (χ0) is 15.6. The highest BCUT2D eigenvalue weighted by Crippen LogP contribution is 2.15. The number of piperidine rings is 1. The van der Waals surface area contributed by atoms with E-state index in [4.69, 9.17) is 4.74 Å². The highest BCUT2D eigenvalue weighted by molar-refractivity contribution is 5.72. The van der Waals surface area contributed by atoms with Crippen LogP contribution in [0.4, 0.5) is 0 Å². The van der Waals surface area contributed by atoms with Gasteiger partial charge in [0.25, 0.3) is 0 Å². The Bertz CT molecular complexity index is 496. The van der Waals surface area contributed by atoms with Gasteiger partial charge in [0.15, 0.2) is 0 Å². The second-order valence-corrected chi connectivity index (χ2v) is 5.56. The molecule has 0 bridgehead atoms. The van der Waals surface area contributed by atoms with Crippen molar-refractivity contribution in [3.05, 3.63) is 36.0 Å². The maximum absolute atomic E-state index is 10.7. The molecule has 2 rings (SSSR count). The molecule has 1 aromatic rings. The van der Waals surface area contributed by atoms with E-state index in [2.05, 4.69) is 15.2 Å². The van der Waals surface area contributed by atoms with Crippen molar-refractivity contribution >= 4 is 5.91 Å². The molecule has 5 nitrogen and oxygen atoms in total. The normalized spacial score (nSPS) is 15.9. The topological polar surface area (TPSA) is 54.5 Å². The summed E-state index contributed by atoms with van der Waals surface area (Å²) in [5, 5.41) is 2.70. The molecular formula is C17H25N3O2. The minimum atomic E-state index is -0.0300. The predicted molar refractivity (Wildman–Crippen MR) is 86.7 cm³/mol. The SMILES string of the molecule is CC(=O)NC/C=C\COc1cc(CN2CCCCC2)ccn1. The largest absolute Gasteiger partial charge is 0.473 e. The number of nitrogens with one attached hydrogen (secondary N) is 1. The van der Waals surface area contributed by atoms with E-state index in [1.165, 1.54) is 44.8 Å². The fourth-order valence-corrected chi connectivity index (χ4v) is 2.49. The minimum Gasteiger partial charge on any atom is -0.473 e. The van der Waals surface area contributed by atoms with E-state index >= 15 is 0 Å². The van der Waals surface area contributed by atoms with Crippen LogP contribution in [0.1, 0.15) is 31.7 Å². The van der Waals surface area contributed by atoms with Gasteiger partial charge < -0.3 is 10.1 Å². The lowest BCUT2D eigenvalue weighted by atomic mass is 10.1. The first-order valence-corrected chi connectivity index (χ1v) is 7.93. The molecule has 1 N–H and O–H groups in total. The maximum Gasteiger partial charge on any atom is 0.217 e. The zero-order valence-corrected chi connectivity index (χ0v) is 13.3. The lowest BCUT2D eigenvalue weighted by molar-refractivity contribution is -0.118. The molecule has 22 heavy (non-hydrogen) atoms. The van der Waals surface area contributed by atoms with Crippen LogP contribution >= 0.6 is 0 Å². The molecule has 0 atom stereocenters. The molecule has 0 aliphatic carbocycles. The van der Waals surface area contributed by atoms with Crippen molar-refractivity contribution in [3.8, 4) is 5.88 Å². The molecule has 0 radical (unpaired) electrons. The summed E-state index contributed by atoms with van der Waals surface area (Å²) in [6.45, 7) is 5.83. The number of hydrogen-bond acceptors (Lipinski definition) is 4. The van der Waals surface area contributed by atoms with Crippen LogP contribution in [0.25, 0.3) is 0 Å². The number of amides is 1. The van der Waals surface area contributed by atoms with Crippen LogP contribution in [0.3, 0.4) is 0 Å². The van der Waals surface area contributed by atoms with Gasteiger partial charge in [0.1, 0.15) is 6.61 Å². The fourth-order valence-electron chi connectivity index (χ4n) is 2.49. The average molecular weight is 303 g/mol. The third-order valence-corrected chi connectivity index (χ3v) is 3.62. The summed E-state index contributed by atoms with van der Waals surface area (Å²) in [5.41, 5.74) is 1.24. The number of pyridine rings is 1. The van der Waals surface area contributed by atoms with Gasteiger partial charge in [0.05, 0.1) is 0 Å². The number of carbonyl (C=O) groups is 1. The average Bonchev–Trinajstić information content (AvgIpc) is 2.52. The molecule has 120 valence electrons. The van der Waals surface area contributed by atoms with Gasteiger partial charge >= 0.3 is 0 Å². The van der Waals surface area contributed by atoms with Gasteiger partial charge in [0, 0.05) is 32.3 Å². The molecule has 1 aliphatic heterocycles. The summed E-state index contributed by atoms with van der Waals surface area (Å²) < 4.78 is 5.61. The molecule has 1 aliphatic rings. The summed E-state index contributed by atoms with van der Waals surface area (Å²) in [6, 6.07) is 4.06. The quantitative estimate of drug-likeness (QED) is 0.784. The number of hydrogen-bond donors (Lipinski definition) is 1. The van der Waals surface area contributed by atoms with E-state index in [0.29, 0.717) is 19.0 Å². The second kappa shape index (κ2) is 9.20. The van der Waals surface area contributed by atoms with E-state index in [-0.39, 0.29) is 5.91 Å². The number of likely N-dealkylation sites (tertiary alicyclic amines) is 1. The van der Waals surface area contributed by atoms with Crippen LogP contribution in [0, 0.1) is 0 Å². The van der Waals surface area contributed by atoms with Crippen LogP contribution in [-0.2, 0) is 11.3 Å². The summed E-state index contributed by atoms with van der Waals surface area (Å²) in [6.07, 6.45) is 9.51. The number of carbonyl (C=O) groups excluding carboxylic acids is 1. The van der Waals surface area contributed by atoms with E-state index in [0.717, 1.165) is 6.54 Å². The summed E-state index contributed by atoms with van der Waals surface area (Å²) >= 11 is 0. The van der Waals surface area contributed by atoms with Crippen molar-refractivity contribution < 1.29 is 9.53 Å². The monoisotopic (exact) mass is 303 g/mol. The molecule has 1 aromatic heterocycles. The first-order chi connectivity index (χ1) is 10.7. The number of nitrogens with zero attached hydrogens (tertiary/aromatic N) is 2. The third kappa shape index (κ3) is 6.26. The molecule has 0 aromatic carbocycles. The lowest BCUT2D eigenvalue weighted by Crippen LogP contribution is -2.29. The Morgan fingerprint density at radius 3 is 2.95 bits per heavy atom. The molecule has 5 heteroatoms. The summed E-state index contributed by atoms with van der Waals surface area (Å²) in [7, 11) is 0. The van der Waals surface area contributed by atoms with Crippen molar-refractivity contribution in [1.29, 1.82) is 0 Å². The van der Waals surface area contributed by atoms with Gasteiger partial charge in [-0.25, -0.2) is 4.98 Å². The Hall–Kier alpha value is -1.88. The number of aromatic nitrogens is 1. The smallest absolute Gasteiger partial charge is 0.217 e. The molecule has 2 heterocycles. The van der Waals surface area contributed by atoms with Gasteiger partial charge in [-0.2, -0.15) is 0 Å². The van der Waals surface area contributed by atoms with Crippen LogP contribution in [0.2, 0.25) is 0 Å². The molecular weight excluding hydrogens is 278 g/mol. The Kier molecular flexibility index (Phi) is 6.90. The van der Waals surface area contributed by atoms with Gasteiger partial charge in [-0.3, -0.25) is 9.69 Å². The van der Waals surface area contributed by atoms with E-state index < -0.39 is 0 Å². The van der Waals surface area contributed by atoms with Crippen molar-refractivity contribution in [2.24, 2.45) is 0 Å². The molecule has 1 fully saturated rings. The van der Waals surface area contributed by atoms with Crippen molar-refractivity contribution in [3.63, 3.8) is 0 Å². The van der Waals surface area contributed by atoms with E-state index in [9.17, 15) is 4.79 Å². The summed E-state index contributed by atoms with van der Waals surface area (Å²) in [5.74, 6) is 0.622. The molecule has 0 spiro atoms. The van der Waals surface area contributed by atoms with Gasteiger partial charge in [-0.1, -0.05) is 12.5 Å². The van der Waals surface area contributed by atoms with Crippen molar-refractivity contribution in [2.45, 2.75) is 32.7 Å². The first-order valence-electron chi connectivity index (χ1n) is 7.93. The summed E-state index contributed by atoms with van der Waals surface area (Å²) in [4.78, 5) is 17.4. The Morgan fingerprint density at radius 1 is 1.36 bits per heavy atom. The molecule has 1 saturated heterocycles. The third-order valence-electron chi connectivity index (χ3n) is 3.62. The van der Waals surface area contributed by atoms with Gasteiger partial charge in [0.2, 0.25) is 11.8 Å². The minimum absolute atomic E-state index is 0.0300. The Labute approximate surface area is 132 Å². The zero-order valence-electron chi connectivity index (χ0n) is 13.3. The molecule has 0 saturated carbocycles. The van der Waals surface area contributed by atoms with Crippen LogP contribution in [0.15, 0.2) is 30.5 Å². The fraction of sp³-hybridized carbons (Fsp3) is 0.529. The van der Waals surface area contributed by atoms with Crippen molar-refractivity contribution in [1.82, 2.24) is 15.2 Å². The lowest BCUT2D eigenvalue weighted by Gasteiger charge is -2.26. The van der Waals surface area contributed by atoms with E-state index in [1.54, 1.807) is 6.20 Å². The van der Waals surface area contributed by atoms with Crippen LogP contribution in [0.5, 0.6) is 5.88 Å². The van der Waals surface area contributed by atoms with Gasteiger partial charge in [-0.05, 0) is 43.6 Å². The van der Waals surface area contributed by atoms with E-state index in [1.807, 2.05) is 24.3 Å². The highest BCUT2D eigenvalue weighted by Gasteiger charge is 2.10. The highest BCUT2D eigenvalue weighted by atomic mass is 16.5. The number of rotatable bonds is 7. The second-order valence-electron chi connectivity index (χ2n) is 5.56. The van der Waals surface area contributed by atoms with Crippen molar-refractivity contribution in [2.75, 3.05) is 26.2 Å². The Balaban J connectivity index is 1.74.